The molecule has 0 spiro atoms. The first kappa shape index (κ1) is 13.7. The lowest BCUT2D eigenvalue weighted by molar-refractivity contribution is -0.569. The summed E-state index contributed by atoms with van der Waals surface area (Å²) < 4.78 is 0. The normalized spacial score (nSPS) is 15.3. The van der Waals surface area contributed by atoms with Gasteiger partial charge < -0.3 is 0 Å². The minimum absolute atomic E-state index is 0.0450. The molecule has 1 unspecified atom stereocenters. The van der Waals surface area contributed by atoms with Gasteiger partial charge in [-0.3, -0.25) is 10.1 Å². The fraction of sp³-hybridized carbons (Fsp3) is 0.571. The molecule has 0 aromatic heterocycles. The highest BCUT2D eigenvalue weighted by molar-refractivity contribution is 5.16. The van der Waals surface area contributed by atoms with Gasteiger partial charge in [0, 0.05) is 24.7 Å². The Morgan fingerprint density at radius 2 is 1.65 bits per heavy atom. The number of nitrogens with zero attached hydrogens (tertiary/aromatic N) is 1. The smallest absolute Gasteiger partial charge is 0.224 e. The van der Waals surface area contributed by atoms with Crippen LogP contribution in [0.4, 0.5) is 0 Å². The van der Waals surface area contributed by atoms with Gasteiger partial charge in [-0.1, -0.05) is 51.1 Å². The van der Waals surface area contributed by atoms with Crippen molar-refractivity contribution in [1.29, 1.82) is 0 Å². The third-order valence-electron chi connectivity index (χ3n) is 2.78. The van der Waals surface area contributed by atoms with Crippen molar-refractivity contribution in [2.75, 3.05) is 0 Å². The van der Waals surface area contributed by atoms with Crippen molar-refractivity contribution in [2.45, 2.75) is 46.1 Å². The van der Waals surface area contributed by atoms with E-state index >= 15 is 0 Å². The monoisotopic (exact) mass is 235 g/mol. The van der Waals surface area contributed by atoms with Gasteiger partial charge in [0.1, 0.15) is 0 Å². The molecule has 0 saturated heterocycles. The van der Waals surface area contributed by atoms with E-state index in [4.69, 9.17) is 0 Å². The summed E-state index contributed by atoms with van der Waals surface area (Å²) in [6.07, 6.45) is 1.06. The topological polar surface area (TPSA) is 43.1 Å². The van der Waals surface area contributed by atoms with Gasteiger partial charge in [-0.25, -0.2) is 0 Å². The first-order valence-electron chi connectivity index (χ1n) is 5.91. The van der Waals surface area contributed by atoms with E-state index in [-0.39, 0.29) is 10.3 Å². The number of benzene rings is 1. The van der Waals surface area contributed by atoms with Gasteiger partial charge in [-0.05, 0) is 11.0 Å². The zero-order valence-electron chi connectivity index (χ0n) is 11.1. The van der Waals surface area contributed by atoms with Crippen LogP contribution in [0.3, 0.4) is 0 Å². The van der Waals surface area contributed by atoms with Crippen molar-refractivity contribution >= 4 is 0 Å². The van der Waals surface area contributed by atoms with Gasteiger partial charge in [0.25, 0.3) is 0 Å². The van der Waals surface area contributed by atoms with Gasteiger partial charge in [-0.15, -0.1) is 0 Å². The predicted octanol–water partition coefficient (Wildman–Crippen LogP) is 3.70. The molecule has 3 nitrogen and oxygen atoms in total. The van der Waals surface area contributed by atoms with E-state index in [0.29, 0.717) is 12.8 Å². The largest absolute Gasteiger partial charge is 0.264 e. The predicted molar refractivity (Wildman–Crippen MR) is 69.6 cm³/mol. The van der Waals surface area contributed by atoms with Crippen molar-refractivity contribution in [3.63, 3.8) is 0 Å². The highest BCUT2D eigenvalue weighted by atomic mass is 16.6. The van der Waals surface area contributed by atoms with Crippen molar-refractivity contribution in [2.24, 2.45) is 5.41 Å². The van der Waals surface area contributed by atoms with Crippen LogP contribution in [0, 0.1) is 15.5 Å². The van der Waals surface area contributed by atoms with E-state index in [2.05, 4.69) is 0 Å². The van der Waals surface area contributed by atoms with Gasteiger partial charge in [0.05, 0.1) is 0 Å². The van der Waals surface area contributed by atoms with Crippen molar-refractivity contribution in [3.05, 3.63) is 46.0 Å². The maximum absolute atomic E-state index is 11.3. The van der Waals surface area contributed by atoms with Crippen LogP contribution in [-0.2, 0) is 6.42 Å². The van der Waals surface area contributed by atoms with Crippen LogP contribution in [0.25, 0.3) is 0 Å². The van der Waals surface area contributed by atoms with Crippen molar-refractivity contribution in [1.82, 2.24) is 0 Å². The number of rotatable bonds is 4. The van der Waals surface area contributed by atoms with Crippen LogP contribution >= 0.6 is 0 Å². The zero-order valence-corrected chi connectivity index (χ0v) is 11.1. The fourth-order valence-electron chi connectivity index (χ4n) is 2.37. The Kier molecular flexibility index (Phi) is 3.91. The van der Waals surface area contributed by atoms with E-state index < -0.39 is 5.54 Å². The lowest BCUT2D eigenvalue weighted by Gasteiger charge is -2.28. The molecule has 3 heteroatoms. The highest BCUT2D eigenvalue weighted by Crippen LogP contribution is 2.31. The highest BCUT2D eigenvalue weighted by Gasteiger charge is 2.40. The molecule has 1 atom stereocenters. The van der Waals surface area contributed by atoms with Crippen molar-refractivity contribution in [3.8, 4) is 0 Å². The molecule has 17 heavy (non-hydrogen) atoms. The Labute approximate surface area is 103 Å². The Morgan fingerprint density at radius 1 is 1.12 bits per heavy atom. The summed E-state index contributed by atoms with van der Waals surface area (Å²) in [7, 11) is 0. The average molecular weight is 235 g/mol. The van der Waals surface area contributed by atoms with Crippen LogP contribution in [-0.4, -0.2) is 10.5 Å². The fourth-order valence-corrected chi connectivity index (χ4v) is 2.37. The first-order chi connectivity index (χ1) is 7.73. The second-order valence-corrected chi connectivity index (χ2v) is 6.15. The summed E-state index contributed by atoms with van der Waals surface area (Å²) in [6.45, 7) is 7.87. The Hall–Kier alpha value is -1.38. The summed E-state index contributed by atoms with van der Waals surface area (Å²) in [6, 6.07) is 9.67. The van der Waals surface area contributed by atoms with Gasteiger partial charge in [-0.2, -0.15) is 0 Å². The molecule has 0 bridgehead atoms. The summed E-state index contributed by atoms with van der Waals surface area (Å²) >= 11 is 0. The summed E-state index contributed by atoms with van der Waals surface area (Å²) in [5.74, 6) is 0. The Bertz CT molecular complexity index is 381. The third-order valence-corrected chi connectivity index (χ3v) is 2.78. The van der Waals surface area contributed by atoms with Gasteiger partial charge in [0.15, 0.2) is 0 Å². The van der Waals surface area contributed by atoms with Crippen LogP contribution < -0.4 is 0 Å². The average Bonchev–Trinajstić information content (AvgIpc) is 2.15. The summed E-state index contributed by atoms with van der Waals surface area (Å²) in [5.41, 5.74) is 0.0897. The molecule has 0 amide bonds. The molecular formula is C14H21NO2. The lowest BCUT2D eigenvalue weighted by atomic mass is 9.78. The summed E-state index contributed by atoms with van der Waals surface area (Å²) in [5, 5.41) is 11.3. The van der Waals surface area contributed by atoms with E-state index in [1.165, 1.54) is 0 Å². The number of nitro groups is 1. The molecule has 0 aliphatic heterocycles. The third kappa shape index (κ3) is 4.17. The molecule has 0 aliphatic rings. The maximum atomic E-state index is 11.3. The standard InChI is InChI=1S/C14H21NO2/c1-13(2,3)11-14(4,15(16)17)10-12-8-6-5-7-9-12/h5-9H,10-11H2,1-4H3. The SMILES string of the molecule is CC(C)(C)CC(C)(Cc1ccccc1)[N+](=O)[O-]. The van der Waals surface area contributed by atoms with Gasteiger partial charge >= 0.3 is 0 Å². The summed E-state index contributed by atoms with van der Waals surface area (Å²) in [4.78, 5) is 11.2. The second kappa shape index (κ2) is 4.86. The Morgan fingerprint density at radius 3 is 2.06 bits per heavy atom. The molecule has 1 aromatic carbocycles. The van der Waals surface area contributed by atoms with Crippen LogP contribution in [0.5, 0.6) is 0 Å². The van der Waals surface area contributed by atoms with Gasteiger partial charge in [0.2, 0.25) is 5.54 Å². The molecule has 0 N–H and O–H groups in total. The van der Waals surface area contributed by atoms with E-state index in [0.717, 1.165) is 5.56 Å². The Balaban J connectivity index is 2.90. The minimum Gasteiger partial charge on any atom is -0.264 e. The van der Waals surface area contributed by atoms with Crippen LogP contribution in [0.2, 0.25) is 0 Å². The first-order valence-corrected chi connectivity index (χ1v) is 5.91. The van der Waals surface area contributed by atoms with Crippen LogP contribution in [0.1, 0.15) is 39.7 Å². The van der Waals surface area contributed by atoms with E-state index in [1.54, 1.807) is 6.92 Å². The molecule has 0 aliphatic carbocycles. The van der Waals surface area contributed by atoms with Crippen molar-refractivity contribution < 1.29 is 4.92 Å². The molecule has 94 valence electrons. The second-order valence-electron chi connectivity index (χ2n) is 6.15. The molecule has 0 radical (unpaired) electrons. The number of hydrogen-bond acceptors (Lipinski definition) is 2. The molecule has 1 rings (SSSR count). The molecular weight excluding hydrogens is 214 g/mol. The molecule has 0 fully saturated rings. The maximum Gasteiger partial charge on any atom is 0.224 e. The van der Waals surface area contributed by atoms with Crippen LogP contribution in [0.15, 0.2) is 30.3 Å². The minimum atomic E-state index is -0.889. The molecule has 0 saturated carbocycles. The van der Waals surface area contributed by atoms with E-state index in [9.17, 15) is 10.1 Å². The number of hydrogen-bond donors (Lipinski definition) is 0. The lowest BCUT2D eigenvalue weighted by Crippen LogP contribution is -2.40. The quantitative estimate of drug-likeness (QED) is 0.590. The molecule has 1 aromatic rings. The van der Waals surface area contributed by atoms with E-state index in [1.807, 2.05) is 51.1 Å². The zero-order chi connectivity index (χ0) is 13.1. The molecule has 0 heterocycles.